The summed E-state index contributed by atoms with van der Waals surface area (Å²) in [6.45, 7) is 4.15. The molecule has 0 atom stereocenters. The summed E-state index contributed by atoms with van der Waals surface area (Å²) in [4.78, 5) is 0. The van der Waals surface area contributed by atoms with E-state index in [-0.39, 0.29) is 0 Å². The van der Waals surface area contributed by atoms with Crippen LogP contribution in [0.5, 0.6) is 0 Å². The Bertz CT molecular complexity index is 385. The maximum absolute atomic E-state index is 4.15. The molecule has 3 rings (SSSR count). The summed E-state index contributed by atoms with van der Waals surface area (Å²) in [7, 11) is 0. The van der Waals surface area contributed by atoms with Crippen LogP contribution in [-0.2, 0) is 19.3 Å². The van der Waals surface area contributed by atoms with Gasteiger partial charge in [0.1, 0.15) is 0 Å². The Morgan fingerprint density at radius 3 is 2.38 bits per heavy atom. The molecule has 66 valence electrons. The first-order chi connectivity index (χ1) is 6.34. The number of allylic oxidation sites excluding steroid dienone is 1. The average molecular weight is 170 g/mol. The van der Waals surface area contributed by atoms with E-state index in [2.05, 4.69) is 18.7 Å². The van der Waals surface area contributed by atoms with Crippen LogP contribution in [0.25, 0.3) is 5.57 Å². The van der Waals surface area contributed by atoms with E-state index >= 15 is 0 Å². The summed E-state index contributed by atoms with van der Waals surface area (Å²) in [5, 5.41) is 0. The number of hydrogen-bond donors (Lipinski definition) is 0. The summed E-state index contributed by atoms with van der Waals surface area (Å²) in [6.07, 6.45) is 6.35. The second-order valence-electron chi connectivity index (χ2n) is 4.24. The Morgan fingerprint density at radius 2 is 1.62 bits per heavy atom. The summed E-state index contributed by atoms with van der Waals surface area (Å²) >= 11 is 0. The van der Waals surface area contributed by atoms with E-state index in [9.17, 15) is 0 Å². The first-order valence-electron chi connectivity index (χ1n) is 5.17. The Labute approximate surface area is 79.3 Å². The predicted octanol–water partition coefficient (Wildman–Crippen LogP) is 3.13. The number of hydrogen-bond acceptors (Lipinski definition) is 0. The molecule has 2 aliphatic rings. The minimum absolute atomic E-state index is 1.20. The third-order valence-corrected chi connectivity index (χ3v) is 3.39. The molecule has 0 saturated heterocycles. The molecule has 0 nitrogen and oxygen atoms in total. The molecule has 0 aliphatic heterocycles. The molecule has 0 fully saturated rings. The smallest absolute Gasteiger partial charge is 0.0195 e. The van der Waals surface area contributed by atoms with Crippen LogP contribution in [0.1, 0.15) is 35.1 Å². The van der Waals surface area contributed by atoms with Crippen LogP contribution in [0.2, 0.25) is 0 Å². The topological polar surface area (TPSA) is 0 Å². The molecule has 0 heterocycles. The van der Waals surface area contributed by atoms with Gasteiger partial charge in [0, 0.05) is 0 Å². The molecule has 0 radical (unpaired) electrons. The van der Waals surface area contributed by atoms with Crippen LogP contribution < -0.4 is 0 Å². The fourth-order valence-corrected chi connectivity index (χ4v) is 2.46. The molecule has 2 aliphatic carbocycles. The van der Waals surface area contributed by atoms with Gasteiger partial charge < -0.3 is 0 Å². The Kier molecular flexibility index (Phi) is 1.40. The molecule has 0 spiro atoms. The molecule has 0 amide bonds. The van der Waals surface area contributed by atoms with Crippen molar-refractivity contribution < 1.29 is 0 Å². The zero-order valence-electron chi connectivity index (χ0n) is 7.90. The first-order valence-corrected chi connectivity index (χ1v) is 5.17. The second-order valence-corrected chi connectivity index (χ2v) is 4.24. The molecule has 0 aromatic heterocycles. The van der Waals surface area contributed by atoms with Gasteiger partial charge in [0.2, 0.25) is 0 Å². The molecule has 0 bridgehead atoms. The van der Waals surface area contributed by atoms with E-state index in [0.717, 1.165) is 0 Å². The second kappa shape index (κ2) is 2.47. The van der Waals surface area contributed by atoms with Crippen molar-refractivity contribution in [1.82, 2.24) is 0 Å². The molecular weight excluding hydrogens is 156 g/mol. The van der Waals surface area contributed by atoms with Gasteiger partial charge in [0.15, 0.2) is 0 Å². The van der Waals surface area contributed by atoms with Gasteiger partial charge in [-0.15, -0.1) is 0 Å². The molecular formula is C13H14. The maximum atomic E-state index is 4.15. The molecule has 0 unspecified atom stereocenters. The van der Waals surface area contributed by atoms with Crippen LogP contribution in [0, 0.1) is 0 Å². The molecule has 1 aromatic rings. The number of rotatable bonds is 0. The number of benzene rings is 1. The summed E-state index contributed by atoms with van der Waals surface area (Å²) in [6, 6.07) is 4.80. The van der Waals surface area contributed by atoms with Gasteiger partial charge in [0.05, 0.1) is 0 Å². The lowest BCUT2D eigenvalue weighted by atomic mass is 9.79. The normalized spacial score (nSPS) is 18.9. The van der Waals surface area contributed by atoms with Gasteiger partial charge in [-0.3, -0.25) is 0 Å². The highest BCUT2D eigenvalue weighted by Gasteiger charge is 2.19. The van der Waals surface area contributed by atoms with Gasteiger partial charge in [-0.1, -0.05) is 18.7 Å². The number of aryl methyl sites for hydroxylation is 3. The van der Waals surface area contributed by atoms with Crippen LogP contribution in [-0.4, -0.2) is 0 Å². The first kappa shape index (κ1) is 7.37. The minimum Gasteiger partial charge on any atom is -0.0952 e. The van der Waals surface area contributed by atoms with E-state index in [1.54, 1.807) is 16.7 Å². The SMILES string of the molecule is C=C1CCCc2cc3c(cc21)CC3. The number of fused-ring (bicyclic) bond motifs is 2. The summed E-state index contributed by atoms with van der Waals surface area (Å²) < 4.78 is 0. The lowest BCUT2D eigenvalue weighted by molar-refractivity contribution is 0.790. The van der Waals surface area contributed by atoms with Gasteiger partial charge >= 0.3 is 0 Å². The van der Waals surface area contributed by atoms with Gasteiger partial charge in [-0.05, 0) is 59.9 Å². The largest absolute Gasteiger partial charge is 0.0952 e. The van der Waals surface area contributed by atoms with Gasteiger partial charge in [0.25, 0.3) is 0 Å². The van der Waals surface area contributed by atoms with Crippen LogP contribution in [0.15, 0.2) is 18.7 Å². The average Bonchev–Trinajstić information content (AvgIpc) is 2.09. The van der Waals surface area contributed by atoms with E-state index in [4.69, 9.17) is 0 Å². The zero-order chi connectivity index (χ0) is 8.84. The fraction of sp³-hybridized carbons (Fsp3) is 0.385. The van der Waals surface area contributed by atoms with Crippen molar-refractivity contribution in [2.24, 2.45) is 0 Å². The van der Waals surface area contributed by atoms with Crippen molar-refractivity contribution >= 4 is 5.57 Å². The van der Waals surface area contributed by atoms with Crippen LogP contribution in [0.4, 0.5) is 0 Å². The van der Waals surface area contributed by atoms with Crippen molar-refractivity contribution in [2.75, 3.05) is 0 Å². The lowest BCUT2D eigenvalue weighted by Gasteiger charge is -2.26. The fourth-order valence-electron chi connectivity index (χ4n) is 2.46. The van der Waals surface area contributed by atoms with Crippen molar-refractivity contribution in [2.45, 2.75) is 32.1 Å². The van der Waals surface area contributed by atoms with E-state index in [0.29, 0.717) is 0 Å². The summed E-state index contributed by atoms with van der Waals surface area (Å²) in [5.74, 6) is 0. The lowest BCUT2D eigenvalue weighted by Crippen LogP contribution is -2.12. The minimum atomic E-state index is 1.20. The molecule has 0 saturated carbocycles. The van der Waals surface area contributed by atoms with Crippen molar-refractivity contribution in [3.05, 3.63) is 41.0 Å². The Balaban J connectivity index is 2.19. The van der Waals surface area contributed by atoms with Crippen molar-refractivity contribution in [3.63, 3.8) is 0 Å². The highest BCUT2D eigenvalue weighted by molar-refractivity contribution is 5.70. The zero-order valence-corrected chi connectivity index (χ0v) is 7.90. The van der Waals surface area contributed by atoms with E-state index in [1.807, 2.05) is 0 Å². The summed E-state index contributed by atoms with van der Waals surface area (Å²) in [5.41, 5.74) is 7.53. The van der Waals surface area contributed by atoms with E-state index < -0.39 is 0 Å². The molecule has 0 heteroatoms. The van der Waals surface area contributed by atoms with Crippen LogP contribution >= 0.6 is 0 Å². The Hall–Kier alpha value is -1.04. The predicted molar refractivity (Wildman–Crippen MR) is 55.8 cm³/mol. The van der Waals surface area contributed by atoms with Crippen molar-refractivity contribution in [1.29, 1.82) is 0 Å². The van der Waals surface area contributed by atoms with E-state index in [1.165, 1.54) is 43.2 Å². The Morgan fingerprint density at radius 1 is 0.846 bits per heavy atom. The third-order valence-electron chi connectivity index (χ3n) is 3.39. The monoisotopic (exact) mass is 170 g/mol. The molecule has 1 aromatic carbocycles. The van der Waals surface area contributed by atoms with Gasteiger partial charge in [-0.2, -0.15) is 0 Å². The highest BCUT2D eigenvalue weighted by atomic mass is 14.2. The highest BCUT2D eigenvalue weighted by Crippen LogP contribution is 2.35. The maximum Gasteiger partial charge on any atom is -0.0195 e. The molecule has 0 N–H and O–H groups in total. The third kappa shape index (κ3) is 0.980. The van der Waals surface area contributed by atoms with Crippen LogP contribution in [0.3, 0.4) is 0 Å². The quantitative estimate of drug-likeness (QED) is 0.561. The van der Waals surface area contributed by atoms with Gasteiger partial charge in [-0.25, -0.2) is 0 Å². The van der Waals surface area contributed by atoms with Crippen molar-refractivity contribution in [3.8, 4) is 0 Å². The molecule has 13 heavy (non-hydrogen) atoms. The standard InChI is InChI=1S/C13H14/c1-9-3-2-4-12-7-10-5-6-11(10)8-13(9)12/h7-8H,1-6H2.